The van der Waals surface area contributed by atoms with E-state index < -0.39 is 46.2 Å². The van der Waals surface area contributed by atoms with Crippen molar-refractivity contribution in [1.29, 1.82) is 0 Å². The Morgan fingerprint density at radius 3 is 2.28 bits per heavy atom. The number of nitrogens with zero attached hydrogens (tertiary/aromatic N) is 2. The standard InChI is InChI=1S/C24H29N3O8S/c1-15-4-10-19(11-5-15)36(33,34)27-14-17(28)13-21(27)22(29)25-20(23(30)31)12-16-6-8-18(9-7-16)35-24(32)26(2)3/h4-11,17,20-21,28H,12-14H2,1-3H3,(H,25,29)(H,30,31)/t17-,20+,21+/m1/s1. The number of aliphatic carboxylic acids is 1. The molecule has 0 aliphatic carbocycles. The number of aliphatic hydroxyl groups is 1. The van der Waals surface area contributed by atoms with E-state index in [0.717, 1.165) is 9.87 Å². The van der Waals surface area contributed by atoms with Gasteiger partial charge in [0.25, 0.3) is 0 Å². The van der Waals surface area contributed by atoms with Crippen molar-refractivity contribution in [2.75, 3.05) is 20.6 Å². The van der Waals surface area contributed by atoms with E-state index in [2.05, 4.69) is 5.32 Å². The van der Waals surface area contributed by atoms with Crippen LogP contribution in [0.1, 0.15) is 17.5 Å². The molecule has 1 heterocycles. The number of carboxylic acid groups (broad SMARTS) is 1. The van der Waals surface area contributed by atoms with Gasteiger partial charge in [0.2, 0.25) is 15.9 Å². The van der Waals surface area contributed by atoms with Gasteiger partial charge in [0, 0.05) is 33.5 Å². The summed E-state index contributed by atoms with van der Waals surface area (Å²) in [7, 11) is -1.03. The number of hydrogen-bond acceptors (Lipinski definition) is 7. The van der Waals surface area contributed by atoms with Gasteiger partial charge in [-0.1, -0.05) is 29.8 Å². The number of carbonyl (C=O) groups excluding carboxylic acids is 2. The number of sulfonamides is 1. The second kappa shape index (κ2) is 11.1. The fourth-order valence-corrected chi connectivity index (χ4v) is 5.36. The second-order valence-electron chi connectivity index (χ2n) is 8.80. The average molecular weight is 520 g/mol. The van der Waals surface area contributed by atoms with Gasteiger partial charge in [-0.25, -0.2) is 18.0 Å². The molecule has 1 aliphatic rings. The van der Waals surface area contributed by atoms with Crippen LogP contribution in [-0.2, 0) is 26.0 Å². The molecular formula is C24H29N3O8S. The molecule has 1 saturated heterocycles. The van der Waals surface area contributed by atoms with Crippen molar-refractivity contribution >= 4 is 28.0 Å². The lowest BCUT2D eigenvalue weighted by atomic mass is 10.0. The fourth-order valence-electron chi connectivity index (χ4n) is 3.72. The lowest BCUT2D eigenvalue weighted by Gasteiger charge is -2.25. The third-order valence-electron chi connectivity index (χ3n) is 5.71. The van der Waals surface area contributed by atoms with Gasteiger partial charge in [-0.15, -0.1) is 0 Å². The second-order valence-corrected chi connectivity index (χ2v) is 10.7. The van der Waals surface area contributed by atoms with Gasteiger partial charge in [0.05, 0.1) is 11.0 Å². The molecule has 194 valence electrons. The molecule has 3 atom stereocenters. The molecule has 3 N–H and O–H groups in total. The van der Waals surface area contributed by atoms with Crippen molar-refractivity contribution in [3.05, 3.63) is 59.7 Å². The van der Waals surface area contributed by atoms with Gasteiger partial charge < -0.3 is 25.2 Å². The van der Waals surface area contributed by atoms with E-state index in [1.807, 2.05) is 6.92 Å². The number of aliphatic hydroxyl groups excluding tert-OH is 1. The molecule has 1 fully saturated rings. The number of carbonyl (C=O) groups is 3. The first-order chi connectivity index (χ1) is 16.9. The Bertz CT molecular complexity index is 1210. The molecule has 0 saturated carbocycles. The highest BCUT2D eigenvalue weighted by Gasteiger charge is 2.44. The monoisotopic (exact) mass is 519 g/mol. The van der Waals surface area contributed by atoms with Crippen LogP contribution in [-0.4, -0.2) is 84.6 Å². The molecule has 36 heavy (non-hydrogen) atoms. The SMILES string of the molecule is Cc1ccc(S(=O)(=O)N2C[C@H](O)C[C@H]2C(=O)N[C@@H](Cc2ccc(OC(=O)N(C)C)cc2)C(=O)O)cc1. The molecular weight excluding hydrogens is 490 g/mol. The molecule has 0 radical (unpaired) electrons. The average Bonchev–Trinajstić information content (AvgIpc) is 3.22. The van der Waals surface area contributed by atoms with E-state index in [0.29, 0.717) is 5.56 Å². The van der Waals surface area contributed by atoms with E-state index in [4.69, 9.17) is 4.74 Å². The van der Waals surface area contributed by atoms with Crippen LogP contribution >= 0.6 is 0 Å². The zero-order chi connectivity index (χ0) is 26.6. The van der Waals surface area contributed by atoms with Gasteiger partial charge in [0.1, 0.15) is 17.8 Å². The van der Waals surface area contributed by atoms with Crippen LogP contribution in [0.5, 0.6) is 5.75 Å². The van der Waals surface area contributed by atoms with Gasteiger partial charge in [0.15, 0.2) is 0 Å². The predicted molar refractivity (Wildman–Crippen MR) is 129 cm³/mol. The molecule has 1 aliphatic heterocycles. The molecule has 2 aromatic carbocycles. The number of β-amino-alcohol motifs (C(OH)–C–C–N with tert-alkyl or cyclic N) is 1. The maximum Gasteiger partial charge on any atom is 0.414 e. The van der Waals surface area contributed by atoms with Gasteiger partial charge in [-0.2, -0.15) is 4.31 Å². The summed E-state index contributed by atoms with van der Waals surface area (Å²) >= 11 is 0. The summed E-state index contributed by atoms with van der Waals surface area (Å²) in [6.07, 6.45) is -1.89. The molecule has 12 heteroatoms. The summed E-state index contributed by atoms with van der Waals surface area (Å²) < 4.78 is 32.3. The quantitative estimate of drug-likeness (QED) is 0.467. The van der Waals surface area contributed by atoms with E-state index in [-0.39, 0.29) is 30.0 Å². The Morgan fingerprint density at radius 1 is 1.11 bits per heavy atom. The summed E-state index contributed by atoms with van der Waals surface area (Å²) in [6.45, 7) is 1.53. The van der Waals surface area contributed by atoms with Crippen LogP contribution < -0.4 is 10.1 Å². The summed E-state index contributed by atoms with van der Waals surface area (Å²) in [6, 6.07) is 9.61. The zero-order valence-electron chi connectivity index (χ0n) is 20.1. The van der Waals surface area contributed by atoms with Gasteiger partial charge in [-0.3, -0.25) is 4.79 Å². The highest BCUT2D eigenvalue weighted by atomic mass is 32.2. The summed E-state index contributed by atoms with van der Waals surface area (Å²) in [4.78, 5) is 37.8. The molecule has 2 aromatic rings. The first-order valence-electron chi connectivity index (χ1n) is 11.2. The van der Waals surface area contributed by atoms with Crippen molar-refractivity contribution in [2.45, 2.75) is 42.8 Å². The van der Waals surface area contributed by atoms with E-state index in [9.17, 15) is 33.0 Å². The van der Waals surface area contributed by atoms with E-state index in [1.54, 1.807) is 24.3 Å². The minimum Gasteiger partial charge on any atom is -0.480 e. The van der Waals surface area contributed by atoms with Gasteiger partial charge in [-0.05, 0) is 36.8 Å². The number of aryl methyl sites for hydroxylation is 1. The summed E-state index contributed by atoms with van der Waals surface area (Å²) in [5, 5.41) is 22.2. The van der Waals surface area contributed by atoms with E-state index >= 15 is 0 Å². The lowest BCUT2D eigenvalue weighted by Crippen LogP contribution is -2.51. The van der Waals surface area contributed by atoms with Crippen molar-refractivity contribution in [1.82, 2.24) is 14.5 Å². The van der Waals surface area contributed by atoms with Crippen molar-refractivity contribution < 1.29 is 37.8 Å². The van der Waals surface area contributed by atoms with Crippen molar-refractivity contribution in [3.8, 4) is 5.75 Å². The highest BCUT2D eigenvalue weighted by molar-refractivity contribution is 7.89. The van der Waals surface area contributed by atoms with E-state index in [1.165, 1.54) is 43.3 Å². The Labute approximate surface area is 209 Å². The number of ether oxygens (including phenoxy) is 1. The summed E-state index contributed by atoms with van der Waals surface area (Å²) in [5.74, 6) is -1.85. The van der Waals surface area contributed by atoms with Crippen LogP contribution in [0.25, 0.3) is 0 Å². The maximum absolute atomic E-state index is 13.1. The first-order valence-corrected chi connectivity index (χ1v) is 12.6. The first kappa shape index (κ1) is 27.1. The van der Waals surface area contributed by atoms with Crippen LogP contribution in [0, 0.1) is 6.92 Å². The zero-order valence-corrected chi connectivity index (χ0v) is 20.9. The number of hydrogen-bond donors (Lipinski definition) is 3. The third-order valence-corrected chi connectivity index (χ3v) is 7.60. The van der Waals surface area contributed by atoms with Crippen LogP contribution in [0.15, 0.2) is 53.4 Å². The molecule has 3 rings (SSSR count). The predicted octanol–water partition coefficient (Wildman–Crippen LogP) is 0.991. The van der Waals surface area contributed by atoms with Gasteiger partial charge >= 0.3 is 12.1 Å². The molecule has 0 unspecified atom stereocenters. The van der Waals surface area contributed by atoms with Crippen molar-refractivity contribution in [3.63, 3.8) is 0 Å². The minimum atomic E-state index is -4.10. The van der Waals surface area contributed by atoms with Crippen LogP contribution in [0.2, 0.25) is 0 Å². The normalized spacial score (nSPS) is 18.9. The molecule has 0 bridgehead atoms. The Balaban J connectivity index is 1.73. The molecule has 2 amide bonds. The van der Waals surface area contributed by atoms with Crippen LogP contribution in [0.3, 0.4) is 0 Å². The number of carboxylic acids is 1. The van der Waals surface area contributed by atoms with Crippen molar-refractivity contribution in [2.24, 2.45) is 0 Å². The highest BCUT2D eigenvalue weighted by Crippen LogP contribution is 2.27. The Morgan fingerprint density at radius 2 is 1.72 bits per heavy atom. The number of amides is 2. The minimum absolute atomic E-state index is 0.0233. The fraction of sp³-hybridized carbons (Fsp3) is 0.375. The maximum atomic E-state index is 13.1. The largest absolute Gasteiger partial charge is 0.480 e. The summed E-state index contributed by atoms with van der Waals surface area (Å²) in [5.41, 5.74) is 1.40. The molecule has 11 nitrogen and oxygen atoms in total. The third kappa shape index (κ3) is 6.39. The Kier molecular flexibility index (Phi) is 8.33. The number of rotatable bonds is 8. The number of benzene rings is 2. The lowest BCUT2D eigenvalue weighted by molar-refractivity contribution is -0.142. The van der Waals surface area contributed by atoms with Crippen LogP contribution in [0.4, 0.5) is 4.79 Å². The Hall–Kier alpha value is -3.48. The topological polar surface area (TPSA) is 154 Å². The molecule has 0 aromatic heterocycles. The number of nitrogens with one attached hydrogen (secondary N) is 1. The smallest absolute Gasteiger partial charge is 0.414 e. The molecule has 0 spiro atoms.